The van der Waals surface area contributed by atoms with Crippen LogP contribution in [0.5, 0.6) is 5.75 Å². The third-order valence-electron chi connectivity index (χ3n) is 6.99. The lowest BCUT2D eigenvalue weighted by Crippen LogP contribution is -2.49. The Balaban J connectivity index is 1.56. The Morgan fingerprint density at radius 1 is 1.07 bits per heavy atom. The molecule has 4 heteroatoms. The van der Waals surface area contributed by atoms with Gasteiger partial charge in [0.15, 0.2) is 0 Å². The smallest absolute Gasteiger partial charge is 0.346 e. The Morgan fingerprint density at radius 3 is 2.21 bits per heavy atom. The summed E-state index contributed by atoms with van der Waals surface area (Å²) in [4.78, 5) is 12.5. The van der Waals surface area contributed by atoms with Crippen LogP contribution in [0.1, 0.15) is 64.9 Å². The van der Waals surface area contributed by atoms with Crippen molar-refractivity contribution in [3.63, 3.8) is 0 Å². The Labute approximate surface area is 169 Å². The number of thiophene rings is 1. The highest BCUT2D eigenvalue weighted by Crippen LogP contribution is 2.62. The fourth-order valence-corrected chi connectivity index (χ4v) is 7.32. The van der Waals surface area contributed by atoms with Crippen LogP contribution < -0.4 is 4.74 Å². The zero-order chi connectivity index (χ0) is 19.3. The second kappa shape index (κ2) is 6.67. The minimum atomic E-state index is -0.798. The minimum absolute atomic E-state index is 0.0341. The maximum atomic E-state index is 12.0. The van der Waals surface area contributed by atoms with Crippen LogP contribution in [0.2, 0.25) is 0 Å². The number of benzene rings is 1. The highest BCUT2D eigenvalue weighted by molar-refractivity contribution is 7.12. The number of carbonyl (C=O) groups is 1. The zero-order valence-corrected chi connectivity index (χ0v) is 16.8. The van der Waals surface area contributed by atoms with Gasteiger partial charge in [0.2, 0.25) is 0 Å². The standard InChI is InChI=1S/C24H24O3S/c1-27-20-6-3-15(4-7-20)2-5-19-14-28-22(23(25)26)21(19)24-11-16-8-17(12-24)10-18(9-16)13-24/h3-4,6-7,14,16-18H,8-13H2,1H3,(H,25,26). The predicted octanol–water partition coefficient (Wildman–Crippen LogP) is 5.32. The third kappa shape index (κ3) is 2.93. The average molecular weight is 393 g/mol. The van der Waals surface area contributed by atoms with E-state index >= 15 is 0 Å². The topological polar surface area (TPSA) is 46.5 Å². The molecule has 1 heterocycles. The van der Waals surface area contributed by atoms with Crippen molar-refractivity contribution < 1.29 is 14.6 Å². The summed E-state index contributed by atoms with van der Waals surface area (Å²) in [5, 5.41) is 11.8. The van der Waals surface area contributed by atoms with Crippen molar-refractivity contribution in [2.45, 2.75) is 43.9 Å². The van der Waals surface area contributed by atoms with Gasteiger partial charge in [0, 0.05) is 16.5 Å². The molecule has 4 bridgehead atoms. The molecule has 4 saturated carbocycles. The molecule has 0 radical (unpaired) electrons. The second-order valence-electron chi connectivity index (χ2n) is 8.84. The van der Waals surface area contributed by atoms with Crippen LogP contribution in [0.15, 0.2) is 29.6 Å². The van der Waals surface area contributed by atoms with Gasteiger partial charge in [-0.05, 0) is 91.5 Å². The summed E-state index contributed by atoms with van der Waals surface area (Å²) in [6.45, 7) is 0. The molecule has 0 amide bonds. The van der Waals surface area contributed by atoms with E-state index in [2.05, 4.69) is 11.8 Å². The monoisotopic (exact) mass is 392 g/mol. The lowest BCUT2D eigenvalue weighted by molar-refractivity contribution is -0.00567. The first kappa shape index (κ1) is 17.8. The van der Waals surface area contributed by atoms with Crippen LogP contribution in [0.4, 0.5) is 0 Å². The molecule has 4 fully saturated rings. The number of aromatic carboxylic acids is 1. The number of carboxylic acid groups (broad SMARTS) is 1. The van der Waals surface area contributed by atoms with Crippen molar-refractivity contribution >= 4 is 17.3 Å². The van der Waals surface area contributed by atoms with Gasteiger partial charge in [-0.2, -0.15) is 0 Å². The second-order valence-corrected chi connectivity index (χ2v) is 9.71. The van der Waals surface area contributed by atoms with E-state index in [1.165, 1.54) is 30.6 Å². The van der Waals surface area contributed by atoms with Crippen molar-refractivity contribution in [1.82, 2.24) is 0 Å². The summed E-state index contributed by atoms with van der Waals surface area (Å²) >= 11 is 1.35. The number of carboxylic acids is 1. The van der Waals surface area contributed by atoms with Crippen LogP contribution in [-0.4, -0.2) is 18.2 Å². The SMILES string of the molecule is COc1ccc(C#Cc2csc(C(=O)O)c2C23CC4CC(CC(C4)C2)C3)cc1. The maximum Gasteiger partial charge on any atom is 0.346 e. The summed E-state index contributed by atoms with van der Waals surface area (Å²) in [5.41, 5.74) is 2.93. The molecule has 0 aliphatic heterocycles. The lowest BCUT2D eigenvalue weighted by atomic mass is 9.47. The number of rotatable bonds is 3. The fourth-order valence-electron chi connectivity index (χ4n) is 6.36. The molecule has 0 saturated heterocycles. The molecular weight excluding hydrogens is 368 g/mol. The normalized spacial score (nSPS) is 30.0. The number of hydrogen-bond donors (Lipinski definition) is 1. The summed E-state index contributed by atoms with van der Waals surface area (Å²) in [5.74, 6) is 8.90. The predicted molar refractivity (Wildman–Crippen MR) is 110 cm³/mol. The average Bonchev–Trinajstić information content (AvgIpc) is 3.11. The Bertz CT molecular complexity index is 938. The Kier molecular flexibility index (Phi) is 4.25. The largest absolute Gasteiger partial charge is 0.497 e. The molecule has 6 rings (SSSR count). The van der Waals surface area contributed by atoms with Gasteiger partial charge in [0.1, 0.15) is 10.6 Å². The van der Waals surface area contributed by atoms with Crippen molar-refractivity contribution in [3.05, 3.63) is 51.2 Å². The molecule has 0 atom stereocenters. The van der Waals surface area contributed by atoms with Gasteiger partial charge in [-0.25, -0.2) is 4.79 Å². The number of ether oxygens (including phenoxy) is 1. The quantitative estimate of drug-likeness (QED) is 0.719. The fraction of sp³-hybridized carbons (Fsp3) is 0.458. The first-order chi connectivity index (χ1) is 13.6. The first-order valence-corrected chi connectivity index (χ1v) is 11.0. The summed E-state index contributed by atoms with van der Waals surface area (Å²) in [6.07, 6.45) is 7.48. The zero-order valence-electron chi connectivity index (χ0n) is 16.0. The van der Waals surface area contributed by atoms with E-state index in [1.54, 1.807) is 7.11 Å². The third-order valence-corrected chi connectivity index (χ3v) is 7.95. The molecule has 4 aliphatic carbocycles. The summed E-state index contributed by atoms with van der Waals surface area (Å²) < 4.78 is 5.21. The Morgan fingerprint density at radius 2 is 1.68 bits per heavy atom. The highest BCUT2D eigenvalue weighted by atomic mass is 32.1. The molecule has 3 nitrogen and oxygen atoms in total. The van der Waals surface area contributed by atoms with Crippen molar-refractivity contribution in [1.29, 1.82) is 0 Å². The number of hydrogen-bond acceptors (Lipinski definition) is 3. The van der Waals surface area contributed by atoms with E-state index < -0.39 is 5.97 Å². The molecule has 28 heavy (non-hydrogen) atoms. The lowest BCUT2D eigenvalue weighted by Gasteiger charge is -2.57. The first-order valence-electron chi connectivity index (χ1n) is 10.1. The Hall–Kier alpha value is -2.25. The van der Waals surface area contributed by atoms with Crippen molar-refractivity contribution in [2.75, 3.05) is 7.11 Å². The molecule has 2 aromatic rings. The van der Waals surface area contributed by atoms with Gasteiger partial charge >= 0.3 is 5.97 Å². The molecule has 1 aromatic carbocycles. The van der Waals surface area contributed by atoms with Gasteiger partial charge in [0.25, 0.3) is 0 Å². The molecule has 0 spiro atoms. The minimum Gasteiger partial charge on any atom is -0.497 e. The van der Waals surface area contributed by atoms with Crippen LogP contribution >= 0.6 is 11.3 Å². The highest BCUT2D eigenvalue weighted by Gasteiger charge is 2.53. The molecule has 144 valence electrons. The van der Waals surface area contributed by atoms with Gasteiger partial charge in [-0.3, -0.25) is 0 Å². The van der Waals surface area contributed by atoms with E-state index in [0.717, 1.165) is 59.5 Å². The van der Waals surface area contributed by atoms with Crippen LogP contribution in [0, 0.1) is 29.6 Å². The van der Waals surface area contributed by atoms with Crippen molar-refractivity contribution in [3.8, 4) is 17.6 Å². The molecule has 1 aromatic heterocycles. The maximum absolute atomic E-state index is 12.0. The molecule has 4 aliphatic rings. The molecule has 1 N–H and O–H groups in total. The van der Waals surface area contributed by atoms with Gasteiger partial charge in [-0.1, -0.05) is 11.8 Å². The van der Waals surface area contributed by atoms with Crippen molar-refractivity contribution in [2.24, 2.45) is 17.8 Å². The van der Waals surface area contributed by atoms with Crippen LogP contribution in [0.25, 0.3) is 0 Å². The molecular formula is C24H24O3S. The summed E-state index contributed by atoms with van der Waals surface area (Å²) in [7, 11) is 1.65. The number of methoxy groups -OCH3 is 1. The van der Waals surface area contributed by atoms with Gasteiger partial charge < -0.3 is 9.84 Å². The van der Waals surface area contributed by atoms with E-state index in [1.807, 2.05) is 29.6 Å². The van der Waals surface area contributed by atoms with E-state index in [0.29, 0.717) is 4.88 Å². The van der Waals surface area contributed by atoms with Crippen LogP contribution in [-0.2, 0) is 5.41 Å². The van der Waals surface area contributed by atoms with Crippen LogP contribution in [0.3, 0.4) is 0 Å². The molecule has 0 unspecified atom stereocenters. The van der Waals surface area contributed by atoms with E-state index in [9.17, 15) is 9.90 Å². The van der Waals surface area contributed by atoms with E-state index in [4.69, 9.17) is 4.74 Å². The van der Waals surface area contributed by atoms with Gasteiger partial charge in [0.05, 0.1) is 7.11 Å². The van der Waals surface area contributed by atoms with Gasteiger partial charge in [-0.15, -0.1) is 11.3 Å². The van der Waals surface area contributed by atoms with E-state index in [-0.39, 0.29) is 5.41 Å². The summed E-state index contributed by atoms with van der Waals surface area (Å²) in [6, 6.07) is 7.70.